The highest BCUT2D eigenvalue weighted by molar-refractivity contribution is 5.72. The van der Waals surface area contributed by atoms with Gasteiger partial charge in [-0.15, -0.1) is 0 Å². The molecule has 24 heavy (non-hydrogen) atoms. The second-order valence-corrected chi connectivity index (χ2v) is 5.62. The Morgan fingerprint density at radius 1 is 1.00 bits per heavy atom. The number of allylic oxidation sites excluding steroid dienone is 1. The fourth-order valence-corrected chi connectivity index (χ4v) is 2.08. The lowest BCUT2D eigenvalue weighted by Gasteiger charge is -2.06. The van der Waals surface area contributed by atoms with E-state index in [0.29, 0.717) is 18.1 Å². The highest BCUT2D eigenvalue weighted by Gasteiger charge is 2.02. The zero-order valence-electron chi connectivity index (χ0n) is 14.1. The minimum Gasteiger partial charge on any atom is -0.508 e. The van der Waals surface area contributed by atoms with Gasteiger partial charge in [0.2, 0.25) is 0 Å². The smallest absolute Gasteiger partial charge is 0.161 e. The number of ether oxygens (including phenoxy) is 2. The van der Waals surface area contributed by atoms with Gasteiger partial charge in [-0.25, -0.2) is 0 Å². The first-order valence-electron chi connectivity index (χ1n) is 7.63. The van der Waals surface area contributed by atoms with Gasteiger partial charge in [-0.05, 0) is 55.3 Å². The fraction of sp³-hybridized carbons (Fsp3) is 0.200. The maximum Gasteiger partial charge on any atom is 0.161 e. The van der Waals surface area contributed by atoms with Gasteiger partial charge in [0.05, 0.1) is 7.11 Å². The molecule has 0 amide bonds. The summed E-state index contributed by atoms with van der Waals surface area (Å²) in [6.07, 6.45) is 5.71. The average molecular weight is 326 g/mol. The quantitative estimate of drug-likeness (QED) is 0.600. The second-order valence-electron chi connectivity index (χ2n) is 5.62. The number of phenolic OH excluding ortho intramolecular Hbond substituents is 2. The first-order valence-corrected chi connectivity index (χ1v) is 7.63. The molecule has 0 bridgehead atoms. The molecule has 0 aliphatic rings. The molecule has 0 spiro atoms. The van der Waals surface area contributed by atoms with E-state index in [-0.39, 0.29) is 11.5 Å². The minimum atomic E-state index is 0.0990. The number of hydrogen-bond acceptors (Lipinski definition) is 4. The Kier molecular flexibility index (Phi) is 5.90. The summed E-state index contributed by atoms with van der Waals surface area (Å²) >= 11 is 0. The van der Waals surface area contributed by atoms with Crippen LogP contribution >= 0.6 is 0 Å². The molecule has 0 heterocycles. The van der Waals surface area contributed by atoms with Crippen LogP contribution in [0, 0.1) is 0 Å². The summed E-state index contributed by atoms with van der Waals surface area (Å²) in [6.45, 7) is 4.47. The summed E-state index contributed by atoms with van der Waals surface area (Å²) in [4.78, 5) is 0. The van der Waals surface area contributed by atoms with E-state index in [1.165, 1.54) is 12.7 Å². The molecule has 126 valence electrons. The first kappa shape index (κ1) is 17.5. The van der Waals surface area contributed by atoms with Crippen molar-refractivity contribution in [3.05, 3.63) is 59.2 Å². The zero-order valence-corrected chi connectivity index (χ0v) is 14.1. The van der Waals surface area contributed by atoms with E-state index in [4.69, 9.17) is 9.47 Å². The third-order valence-electron chi connectivity index (χ3n) is 3.33. The Bertz CT molecular complexity index is 756. The predicted octanol–water partition coefficient (Wildman–Crippen LogP) is 4.62. The molecule has 2 aromatic carbocycles. The number of rotatable bonds is 6. The van der Waals surface area contributed by atoms with Gasteiger partial charge in [0.15, 0.2) is 11.5 Å². The molecule has 0 unspecified atom stereocenters. The molecule has 4 nitrogen and oxygen atoms in total. The van der Waals surface area contributed by atoms with Crippen LogP contribution in [-0.2, 0) is 0 Å². The van der Waals surface area contributed by atoms with Gasteiger partial charge in [0.1, 0.15) is 18.1 Å². The largest absolute Gasteiger partial charge is 0.508 e. The number of hydrogen-bond donors (Lipinski definition) is 2. The van der Waals surface area contributed by atoms with Crippen LogP contribution in [-0.4, -0.2) is 23.9 Å². The van der Waals surface area contributed by atoms with E-state index in [9.17, 15) is 10.2 Å². The van der Waals surface area contributed by atoms with Gasteiger partial charge >= 0.3 is 0 Å². The molecule has 2 rings (SSSR count). The fourth-order valence-electron chi connectivity index (χ4n) is 2.08. The Balaban J connectivity index is 2.16. The van der Waals surface area contributed by atoms with Crippen LogP contribution in [0.15, 0.2) is 48.0 Å². The molecule has 2 aromatic rings. The van der Waals surface area contributed by atoms with Crippen LogP contribution < -0.4 is 9.47 Å². The van der Waals surface area contributed by atoms with E-state index in [1.54, 1.807) is 30.3 Å². The molecule has 0 aliphatic heterocycles. The predicted molar refractivity (Wildman–Crippen MR) is 96.6 cm³/mol. The summed E-state index contributed by atoms with van der Waals surface area (Å²) in [6, 6.07) is 10.2. The van der Waals surface area contributed by atoms with E-state index >= 15 is 0 Å². The molecule has 0 saturated heterocycles. The lowest BCUT2D eigenvalue weighted by Crippen LogP contribution is -1.94. The molecular formula is C20H22O4. The van der Waals surface area contributed by atoms with Crippen LogP contribution in [0.1, 0.15) is 25.0 Å². The standard InChI is InChI=1S/C20H22O4/c1-14(2)8-9-24-18-11-16(10-17(21)13-18)5-4-15-6-7-19(22)20(12-15)23-3/h4-8,10-13,21-22H,9H2,1-3H3. The third-order valence-corrected chi connectivity index (χ3v) is 3.33. The molecule has 0 aliphatic carbocycles. The highest BCUT2D eigenvalue weighted by atomic mass is 16.5. The lowest BCUT2D eigenvalue weighted by atomic mass is 10.1. The van der Waals surface area contributed by atoms with Crippen LogP contribution in [0.4, 0.5) is 0 Å². The van der Waals surface area contributed by atoms with Crippen molar-refractivity contribution in [2.45, 2.75) is 13.8 Å². The Hall–Kier alpha value is -2.88. The molecular weight excluding hydrogens is 304 g/mol. The summed E-state index contributed by atoms with van der Waals surface area (Å²) in [7, 11) is 1.51. The number of methoxy groups -OCH3 is 1. The van der Waals surface area contributed by atoms with Crippen molar-refractivity contribution in [3.8, 4) is 23.0 Å². The maximum atomic E-state index is 9.84. The molecule has 0 radical (unpaired) electrons. The topological polar surface area (TPSA) is 58.9 Å². The highest BCUT2D eigenvalue weighted by Crippen LogP contribution is 2.28. The van der Waals surface area contributed by atoms with Gasteiger partial charge in [-0.2, -0.15) is 0 Å². The monoisotopic (exact) mass is 326 g/mol. The van der Waals surface area contributed by atoms with Crippen LogP contribution in [0.5, 0.6) is 23.0 Å². The molecule has 0 fully saturated rings. The summed E-state index contributed by atoms with van der Waals surface area (Å²) < 4.78 is 10.7. The van der Waals surface area contributed by atoms with Crippen molar-refractivity contribution in [2.75, 3.05) is 13.7 Å². The summed E-state index contributed by atoms with van der Waals surface area (Å²) in [5.74, 6) is 1.27. The van der Waals surface area contributed by atoms with Crippen LogP contribution in [0.3, 0.4) is 0 Å². The Labute approximate surface area is 142 Å². The number of benzene rings is 2. The molecule has 0 saturated carbocycles. The van der Waals surface area contributed by atoms with E-state index in [1.807, 2.05) is 38.1 Å². The molecule has 2 N–H and O–H groups in total. The summed E-state index contributed by atoms with van der Waals surface area (Å²) in [5, 5.41) is 19.4. The second kappa shape index (κ2) is 8.11. The van der Waals surface area contributed by atoms with Crippen molar-refractivity contribution < 1.29 is 19.7 Å². The average Bonchev–Trinajstić information content (AvgIpc) is 2.53. The van der Waals surface area contributed by atoms with E-state index < -0.39 is 0 Å². The van der Waals surface area contributed by atoms with E-state index in [0.717, 1.165) is 11.1 Å². The Morgan fingerprint density at radius 2 is 1.75 bits per heavy atom. The van der Waals surface area contributed by atoms with Gasteiger partial charge in [0.25, 0.3) is 0 Å². The van der Waals surface area contributed by atoms with Gasteiger partial charge in [-0.3, -0.25) is 0 Å². The normalized spacial score (nSPS) is 10.6. The van der Waals surface area contributed by atoms with Crippen molar-refractivity contribution in [3.63, 3.8) is 0 Å². The number of phenols is 2. The summed E-state index contributed by atoms with van der Waals surface area (Å²) in [5.41, 5.74) is 2.87. The van der Waals surface area contributed by atoms with Crippen molar-refractivity contribution in [1.29, 1.82) is 0 Å². The first-order chi connectivity index (χ1) is 11.5. The van der Waals surface area contributed by atoms with E-state index in [2.05, 4.69) is 0 Å². The third kappa shape index (κ3) is 5.09. The SMILES string of the molecule is COc1cc(C=Cc2cc(O)cc(OCC=C(C)C)c2)ccc1O. The molecule has 0 aromatic heterocycles. The van der Waals surface area contributed by atoms with Gasteiger partial charge < -0.3 is 19.7 Å². The van der Waals surface area contributed by atoms with Crippen LogP contribution in [0.2, 0.25) is 0 Å². The lowest BCUT2D eigenvalue weighted by molar-refractivity contribution is 0.358. The zero-order chi connectivity index (χ0) is 17.5. The maximum absolute atomic E-state index is 9.84. The Morgan fingerprint density at radius 3 is 2.46 bits per heavy atom. The van der Waals surface area contributed by atoms with Crippen molar-refractivity contribution in [2.24, 2.45) is 0 Å². The van der Waals surface area contributed by atoms with Gasteiger partial charge in [-0.1, -0.05) is 23.8 Å². The minimum absolute atomic E-state index is 0.0990. The molecule has 4 heteroatoms. The molecule has 0 atom stereocenters. The van der Waals surface area contributed by atoms with Crippen LogP contribution in [0.25, 0.3) is 12.2 Å². The van der Waals surface area contributed by atoms with Gasteiger partial charge in [0, 0.05) is 6.07 Å². The number of aromatic hydroxyl groups is 2. The van der Waals surface area contributed by atoms with Crippen molar-refractivity contribution >= 4 is 12.2 Å². The van der Waals surface area contributed by atoms with Crippen molar-refractivity contribution in [1.82, 2.24) is 0 Å².